The van der Waals surface area contributed by atoms with Gasteiger partial charge in [-0.25, -0.2) is 0 Å². The Hall–Kier alpha value is -3.38. The Morgan fingerprint density at radius 1 is 0.414 bits per heavy atom. The molecular formula is C29H24. The second kappa shape index (κ2) is 6.90. The van der Waals surface area contributed by atoms with E-state index in [0.29, 0.717) is 0 Å². The van der Waals surface area contributed by atoms with Crippen LogP contribution in [0.1, 0.15) is 16.7 Å². The average Bonchev–Trinajstić information content (AvgIpc) is 2.74. The summed E-state index contributed by atoms with van der Waals surface area (Å²) >= 11 is 0. The Morgan fingerprint density at radius 3 is 1.41 bits per heavy atom. The quantitative estimate of drug-likeness (QED) is 0.274. The number of benzene rings is 5. The molecule has 0 atom stereocenters. The zero-order valence-corrected chi connectivity index (χ0v) is 17.2. The standard InChI is InChI=1S/C29H24/c1-19-9-8-10-22(17-19)28-24-11-4-6-13-26(24)29(27-14-7-5-12-25(27)28)23-16-15-20(2)21(3)18-23/h4-18H,1-3H3. The highest BCUT2D eigenvalue weighted by Gasteiger charge is 2.16. The largest absolute Gasteiger partial charge is 0.0616 e. The molecule has 0 unspecified atom stereocenters. The number of hydrogen-bond acceptors (Lipinski definition) is 0. The maximum absolute atomic E-state index is 2.33. The summed E-state index contributed by atoms with van der Waals surface area (Å²) in [6.07, 6.45) is 0. The van der Waals surface area contributed by atoms with Gasteiger partial charge in [-0.3, -0.25) is 0 Å². The van der Waals surface area contributed by atoms with E-state index in [1.165, 1.54) is 60.5 Å². The average molecular weight is 373 g/mol. The van der Waals surface area contributed by atoms with E-state index < -0.39 is 0 Å². The van der Waals surface area contributed by atoms with Crippen LogP contribution in [0.15, 0.2) is 91.0 Å². The first-order chi connectivity index (χ1) is 14.1. The predicted octanol–water partition coefficient (Wildman–Crippen LogP) is 8.25. The molecule has 0 fully saturated rings. The summed E-state index contributed by atoms with van der Waals surface area (Å²) in [6.45, 7) is 6.54. The molecule has 29 heavy (non-hydrogen) atoms. The Labute approximate surface area is 172 Å². The van der Waals surface area contributed by atoms with Crippen molar-refractivity contribution in [2.45, 2.75) is 20.8 Å². The lowest BCUT2D eigenvalue weighted by atomic mass is 9.85. The fourth-order valence-corrected chi connectivity index (χ4v) is 4.45. The third kappa shape index (κ3) is 2.93. The third-order valence-electron chi connectivity index (χ3n) is 6.03. The fraction of sp³-hybridized carbons (Fsp3) is 0.103. The van der Waals surface area contributed by atoms with Crippen LogP contribution in [0.3, 0.4) is 0 Å². The lowest BCUT2D eigenvalue weighted by Crippen LogP contribution is -1.92. The van der Waals surface area contributed by atoms with Crippen LogP contribution in [0.5, 0.6) is 0 Å². The van der Waals surface area contributed by atoms with Crippen LogP contribution in [0.25, 0.3) is 43.8 Å². The highest BCUT2D eigenvalue weighted by molar-refractivity contribution is 6.21. The Balaban J connectivity index is 1.98. The van der Waals surface area contributed by atoms with E-state index in [-0.39, 0.29) is 0 Å². The minimum absolute atomic E-state index is 1.28. The first-order valence-electron chi connectivity index (χ1n) is 10.2. The van der Waals surface area contributed by atoms with Gasteiger partial charge in [-0.2, -0.15) is 0 Å². The zero-order chi connectivity index (χ0) is 20.0. The molecule has 0 aromatic heterocycles. The predicted molar refractivity (Wildman–Crippen MR) is 127 cm³/mol. The zero-order valence-electron chi connectivity index (χ0n) is 17.2. The minimum Gasteiger partial charge on any atom is -0.0616 e. The molecule has 5 rings (SSSR count). The van der Waals surface area contributed by atoms with E-state index in [0.717, 1.165) is 0 Å². The van der Waals surface area contributed by atoms with Gasteiger partial charge in [0, 0.05) is 0 Å². The Kier molecular flexibility index (Phi) is 4.21. The van der Waals surface area contributed by atoms with E-state index in [1.54, 1.807) is 0 Å². The van der Waals surface area contributed by atoms with Gasteiger partial charge < -0.3 is 0 Å². The van der Waals surface area contributed by atoms with Crippen molar-refractivity contribution in [3.05, 3.63) is 108 Å². The van der Waals surface area contributed by atoms with E-state index >= 15 is 0 Å². The van der Waals surface area contributed by atoms with Crippen molar-refractivity contribution in [1.29, 1.82) is 0 Å². The van der Waals surface area contributed by atoms with Gasteiger partial charge in [0.15, 0.2) is 0 Å². The minimum atomic E-state index is 1.28. The maximum Gasteiger partial charge on any atom is -0.00263 e. The topological polar surface area (TPSA) is 0 Å². The van der Waals surface area contributed by atoms with E-state index in [1.807, 2.05) is 0 Å². The van der Waals surface area contributed by atoms with Crippen molar-refractivity contribution in [3.8, 4) is 22.3 Å². The summed E-state index contributed by atoms with van der Waals surface area (Å²) in [5.74, 6) is 0. The smallest absolute Gasteiger partial charge is 0.00263 e. The number of fused-ring (bicyclic) bond motifs is 2. The van der Waals surface area contributed by atoms with Crippen molar-refractivity contribution in [2.24, 2.45) is 0 Å². The molecule has 0 aliphatic carbocycles. The van der Waals surface area contributed by atoms with Crippen molar-refractivity contribution in [3.63, 3.8) is 0 Å². The highest BCUT2D eigenvalue weighted by Crippen LogP contribution is 2.43. The first kappa shape index (κ1) is 17.7. The van der Waals surface area contributed by atoms with E-state index in [9.17, 15) is 0 Å². The molecule has 0 nitrogen and oxygen atoms in total. The van der Waals surface area contributed by atoms with Gasteiger partial charge in [0.2, 0.25) is 0 Å². The molecule has 0 aliphatic rings. The normalized spacial score (nSPS) is 11.3. The van der Waals surface area contributed by atoms with Crippen LogP contribution in [0, 0.1) is 20.8 Å². The lowest BCUT2D eigenvalue weighted by Gasteiger charge is -2.18. The van der Waals surface area contributed by atoms with Crippen LogP contribution in [-0.2, 0) is 0 Å². The molecule has 0 aliphatic heterocycles. The summed E-state index contributed by atoms with van der Waals surface area (Å²) in [4.78, 5) is 0. The van der Waals surface area contributed by atoms with Crippen molar-refractivity contribution in [1.82, 2.24) is 0 Å². The van der Waals surface area contributed by atoms with Crippen molar-refractivity contribution < 1.29 is 0 Å². The molecule has 0 heterocycles. The fourth-order valence-electron chi connectivity index (χ4n) is 4.45. The number of hydrogen-bond donors (Lipinski definition) is 0. The first-order valence-corrected chi connectivity index (χ1v) is 10.2. The SMILES string of the molecule is Cc1cccc(-c2c3ccccc3c(-c3ccc(C)c(C)c3)c3ccccc23)c1. The van der Waals surface area contributed by atoms with Crippen molar-refractivity contribution in [2.75, 3.05) is 0 Å². The summed E-state index contributed by atoms with van der Waals surface area (Å²) in [7, 11) is 0. The van der Waals surface area contributed by atoms with Gasteiger partial charge >= 0.3 is 0 Å². The van der Waals surface area contributed by atoms with Crippen LogP contribution >= 0.6 is 0 Å². The van der Waals surface area contributed by atoms with Gasteiger partial charge in [-0.1, -0.05) is 96.6 Å². The highest BCUT2D eigenvalue weighted by atomic mass is 14.2. The summed E-state index contributed by atoms with van der Waals surface area (Å²) < 4.78 is 0. The molecule has 5 aromatic carbocycles. The molecule has 0 amide bonds. The van der Waals surface area contributed by atoms with Gasteiger partial charge in [0.1, 0.15) is 0 Å². The molecule has 5 aromatic rings. The van der Waals surface area contributed by atoms with Crippen LogP contribution in [0.2, 0.25) is 0 Å². The molecule has 0 heteroatoms. The molecule has 0 saturated carbocycles. The third-order valence-corrected chi connectivity index (χ3v) is 6.03. The van der Waals surface area contributed by atoms with Gasteiger partial charge in [-0.05, 0) is 75.7 Å². The lowest BCUT2D eigenvalue weighted by molar-refractivity contribution is 1.34. The molecule has 140 valence electrons. The van der Waals surface area contributed by atoms with E-state index in [4.69, 9.17) is 0 Å². The van der Waals surface area contributed by atoms with Gasteiger partial charge in [-0.15, -0.1) is 0 Å². The summed E-state index contributed by atoms with van der Waals surface area (Å²) in [5.41, 5.74) is 9.18. The molecule has 0 saturated heterocycles. The summed E-state index contributed by atoms with van der Waals surface area (Å²) in [5, 5.41) is 5.24. The Bertz CT molecular complexity index is 1320. The van der Waals surface area contributed by atoms with E-state index in [2.05, 4.69) is 112 Å². The van der Waals surface area contributed by atoms with Gasteiger partial charge in [0.05, 0.1) is 0 Å². The molecule has 0 bridgehead atoms. The van der Waals surface area contributed by atoms with Gasteiger partial charge in [0.25, 0.3) is 0 Å². The van der Waals surface area contributed by atoms with Crippen molar-refractivity contribution >= 4 is 21.5 Å². The monoisotopic (exact) mass is 372 g/mol. The Morgan fingerprint density at radius 2 is 0.931 bits per heavy atom. The second-order valence-electron chi connectivity index (χ2n) is 8.01. The number of rotatable bonds is 2. The molecule has 0 N–H and O–H groups in total. The summed E-state index contributed by atoms with van der Waals surface area (Å²) in [6, 6.07) is 33.4. The van der Waals surface area contributed by atoms with Crippen LogP contribution in [-0.4, -0.2) is 0 Å². The maximum atomic E-state index is 2.33. The second-order valence-corrected chi connectivity index (χ2v) is 8.01. The molecular weight excluding hydrogens is 348 g/mol. The van der Waals surface area contributed by atoms with Crippen LogP contribution in [0.4, 0.5) is 0 Å². The molecule has 0 spiro atoms. The van der Waals surface area contributed by atoms with Crippen LogP contribution < -0.4 is 0 Å². The number of aryl methyl sites for hydroxylation is 3. The molecule has 0 radical (unpaired) electrons.